The van der Waals surface area contributed by atoms with E-state index in [0.29, 0.717) is 6.61 Å². The van der Waals surface area contributed by atoms with Crippen molar-refractivity contribution in [2.24, 2.45) is 0 Å². The van der Waals surface area contributed by atoms with Crippen molar-refractivity contribution in [3.8, 4) is 0 Å². The number of methoxy groups -OCH3 is 1. The van der Waals surface area contributed by atoms with Crippen LogP contribution in [0.15, 0.2) is 30.3 Å². The van der Waals surface area contributed by atoms with Gasteiger partial charge in [-0.2, -0.15) is 0 Å². The molecular formula is C16H21ClN4O. The fourth-order valence-electron chi connectivity index (χ4n) is 2.06. The minimum atomic E-state index is 0.639. The molecule has 0 atom stereocenters. The Kier molecular flexibility index (Phi) is 6.43. The van der Waals surface area contributed by atoms with Crippen molar-refractivity contribution in [3.05, 3.63) is 46.7 Å². The third-order valence-electron chi connectivity index (χ3n) is 3.06. The van der Waals surface area contributed by atoms with E-state index in [9.17, 15) is 0 Å². The van der Waals surface area contributed by atoms with Gasteiger partial charge in [-0.15, -0.1) is 0 Å². The van der Waals surface area contributed by atoms with Crippen molar-refractivity contribution in [2.75, 3.05) is 37.4 Å². The molecule has 0 bridgehead atoms. The average Bonchev–Trinajstić information content (AvgIpc) is 2.47. The Morgan fingerprint density at radius 2 is 1.82 bits per heavy atom. The molecule has 1 aromatic carbocycles. The van der Waals surface area contributed by atoms with Gasteiger partial charge in [-0.05, 0) is 31.0 Å². The Hall–Kier alpha value is -1.85. The van der Waals surface area contributed by atoms with Gasteiger partial charge in [-0.3, -0.25) is 0 Å². The van der Waals surface area contributed by atoms with Gasteiger partial charge in [0, 0.05) is 31.3 Å². The second-order valence-electron chi connectivity index (χ2n) is 4.91. The summed E-state index contributed by atoms with van der Waals surface area (Å²) in [6.45, 7) is 4.02. The lowest BCUT2D eigenvalue weighted by molar-refractivity contribution is 0.210. The molecule has 1 aromatic heterocycles. The van der Waals surface area contributed by atoms with E-state index < -0.39 is 0 Å². The summed E-state index contributed by atoms with van der Waals surface area (Å²) in [5.74, 6) is 2.34. The van der Waals surface area contributed by atoms with Crippen LogP contribution >= 0.6 is 11.6 Å². The molecule has 22 heavy (non-hydrogen) atoms. The minimum Gasteiger partial charge on any atom is -0.383 e. The van der Waals surface area contributed by atoms with E-state index >= 15 is 0 Å². The first kappa shape index (κ1) is 16.5. The summed E-state index contributed by atoms with van der Waals surface area (Å²) < 4.78 is 5.02. The van der Waals surface area contributed by atoms with Crippen LogP contribution in [0.2, 0.25) is 5.02 Å². The second kappa shape index (κ2) is 8.56. The molecule has 0 amide bonds. The predicted molar refractivity (Wildman–Crippen MR) is 90.8 cm³/mol. The number of halogens is 1. The van der Waals surface area contributed by atoms with E-state index in [-0.39, 0.29) is 0 Å². The van der Waals surface area contributed by atoms with Crippen LogP contribution < -0.4 is 10.6 Å². The van der Waals surface area contributed by atoms with Crippen molar-refractivity contribution in [2.45, 2.75) is 13.3 Å². The van der Waals surface area contributed by atoms with Gasteiger partial charge in [-0.25, -0.2) is 9.97 Å². The maximum Gasteiger partial charge on any atom is 0.131 e. The standard InChI is InChI=1S/C16H21ClN4O/c1-12-20-15(11-16(21-12)19-8-9-22-2)18-7-6-13-4-3-5-14(17)10-13/h3-5,10-11H,6-9H2,1-2H3,(H2,18,19,20,21). The molecule has 2 aromatic rings. The quantitative estimate of drug-likeness (QED) is 0.732. The first-order chi connectivity index (χ1) is 10.7. The van der Waals surface area contributed by atoms with Gasteiger partial charge in [0.1, 0.15) is 17.5 Å². The van der Waals surface area contributed by atoms with Crippen LogP contribution in [0.5, 0.6) is 0 Å². The Bertz CT molecular complexity index is 606. The number of aryl methyl sites for hydroxylation is 1. The highest BCUT2D eigenvalue weighted by molar-refractivity contribution is 6.30. The average molecular weight is 321 g/mol. The SMILES string of the molecule is COCCNc1cc(NCCc2cccc(Cl)c2)nc(C)n1. The highest BCUT2D eigenvalue weighted by atomic mass is 35.5. The Morgan fingerprint density at radius 3 is 2.50 bits per heavy atom. The largest absolute Gasteiger partial charge is 0.383 e. The highest BCUT2D eigenvalue weighted by Gasteiger charge is 2.02. The number of benzene rings is 1. The van der Waals surface area contributed by atoms with Crippen molar-refractivity contribution < 1.29 is 4.74 Å². The van der Waals surface area contributed by atoms with Crippen molar-refractivity contribution in [1.29, 1.82) is 0 Å². The normalized spacial score (nSPS) is 10.5. The number of hydrogen-bond acceptors (Lipinski definition) is 5. The van der Waals surface area contributed by atoms with Gasteiger partial charge in [0.05, 0.1) is 6.61 Å². The first-order valence-electron chi connectivity index (χ1n) is 7.24. The minimum absolute atomic E-state index is 0.639. The number of nitrogens with zero attached hydrogens (tertiary/aromatic N) is 2. The number of nitrogens with one attached hydrogen (secondary N) is 2. The predicted octanol–water partition coefficient (Wildman–Crippen LogP) is 3.15. The monoisotopic (exact) mass is 320 g/mol. The van der Waals surface area contributed by atoms with Gasteiger partial charge in [0.2, 0.25) is 0 Å². The van der Waals surface area contributed by atoms with Crippen LogP contribution in [0.4, 0.5) is 11.6 Å². The zero-order valence-electron chi connectivity index (χ0n) is 12.9. The number of aromatic nitrogens is 2. The summed E-state index contributed by atoms with van der Waals surface area (Å²) >= 11 is 5.98. The maximum absolute atomic E-state index is 5.98. The Morgan fingerprint density at radius 1 is 1.09 bits per heavy atom. The number of ether oxygens (including phenoxy) is 1. The molecule has 0 radical (unpaired) electrons. The van der Waals surface area contributed by atoms with Crippen molar-refractivity contribution in [3.63, 3.8) is 0 Å². The molecule has 5 nitrogen and oxygen atoms in total. The summed E-state index contributed by atoms with van der Waals surface area (Å²) in [6, 6.07) is 9.79. The smallest absolute Gasteiger partial charge is 0.131 e. The van der Waals surface area contributed by atoms with Crippen LogP contribution in [0.3, 0.4) is 0 Å². The van der Waals surface area contributed by atoms with Gasteiger partial charge in [0.15, 0.2) is 0 Å². The molecule has 0 spiro atoms. The zero-order chi connectivity index (χ0) is 15.8. The molecule has 0 aliphatic carbocycles. The highest BCUT2D eigenvalue weighted by Crippen LogP contribution is 2.13. The van der Waals surface area contributed by atoms with E-state index in [1.54, 1.807) is 7.11 Å². The van der Waals surface area contributed by atoms with Gasteiger partial charge < -0.3 is 15.4 Å². The third-order valence-corrected chi connectivity index (χ3v) is 3.29. The van der Waals surface area contributed by atoms with E-state index in [2.05, 4.69) is 26.7 Å². The van der Waals surface area contributed by atoms with Crippen LogP contribution in [0.1, 0.15) is 11.4 Å². The number of anilines is 2. The third kappa shape index (κ3) is 5.50. The molecule has 0 aliphatic rings. The molecule has 0 fully saturated rings. The van der Waals surface area contributed by atoms with Crippen LogP contribution in [0, 0.1) is 6.92 Å². The lowest BCUT2D eigenvalue weighted by Crippen LogP contribution is -2.12. The van der Waals surface area contributed by atoms with Crippen LogP contribution in [-0.2, 0) is 11.2 Å². The molecule has 1 heterocycles. The molecule has 118 valence electrons. The molecule has 0 aliphatic heterocycles. The fourth-order valence-corrected chi connectivity index (χ4v) is 2.27. The Balaban J connectivity index is 1.89. The lowest BCUT2D eigenvalue weighted by atomic mass is 10.1. The van der Waals surface area contributed by atoms with Crippen molar-refractivity contribution in [1.82, 2.24) is 9.97 Å². The lowest BCUT2D eigenvalue weighted by Gasteiger charge is -2.10. The van der Waals surface area contributed by atoms with Gasteiger partial charge in [0.25, 0.3) is 0 Å². The molecule has 6 heteroatoms. The van der Waals surface area contributed by atoms with Gasteiger partial charge >= 0.3 is 0 Å². The van der Waals surface area contributed by atoms with Crippen molar-refractivity contribution >= 4 is 23.2 Å². The zero-order valence-corrected chi connectivity index (χ0v) is 13.7. The molecule has 2 N–H and O–H groups in total. The first-order valence-corrected chi connectivity index (χ1v) is 7.62. The number of rotatable bonds is 8. The molecule has 2 rings (SSSR count). The molecule has 0 unspecified atom stereocenters. The molecule has 0 saturated heterocycles. The van der Waals surface area contributed by atoms with Crippen LogP contribution in [0.25, 0.3) is 0 Å². The van der Waals surface area contributed by atoms with E-state index in [4.69, 9.17) is 16.3 Å². The van der Waals surface area contributed by atoms with E-state index in [1.165, 1.54) is 5.56 Å². The fraction of sp³-hybridized carbons (Fsp3) is 0.375. The topological polar surface area (TPSA) is 59.1 Å². The van der Waals surface area contributed by atoms with Gasteiger partial charge in [-0.1, -0.05) is 23.7 Å². The summed E-state index contributed by atoms with van der Waals surface area (Å²) in [5.41, 5.74) is 1.20. The molecular weight excluding hydrogens is 300 g/mol. The number of hydrogen-bond donors (Lipinski definition) is 2. The van der Waals surface area contributed by atoms with E-state index in [1.807, 2.05) is 31.2 Å². The summed E-state index contributed by atoms with van der Waals surface area (Å²) in [6.07, 6.45) is 0.885. The van der Waals surface area contributed by atoms with E-state index in [0.717, 1.165) is 42.0 Å². The summed E-state index contributed by atoms with van der Waals surface area (Å²) in [4.78, 5) is 8.74. The molecule has 0 saturated carbocycles. The Labute approximate surface area is 136 Å². The maximum atomic E-state index is 5.98. The summed E-state index contributed by atoms with van der Waals surface area (Å²) in [7, 11) is 1.68. The summed E-state index contributed by atoms with van der Waals surface area (Å²) in [5, 5.41) is 7.29. The second-order valence-corrected chi connectivity index (χ2v) is 5.35. The van der Waals surface area contributed by atoms with Crippen LogP contribution in [-0.4, -0.2) is 36.8 Å².